The van der Waals surface area contributed by atoms with E-state index in [1.165, 1.54) is 7.11 Å². The number of para-hydroxylation sites is 2. The SMILES string of the molecule is COc1cc(OC)cc(N2C(N)=C(c3nc4ccccc4[nH]3)C(=O)C2OC)c1. The van der Waals surface area contributed by atoms with E-state index in [2.05, 4.69) is 9.97 Å². The van der Waals surface area contributed by atoms with Gasteiger partial charge < -0.3 is 24.9 Å². The smallest absolute Gasteiger partial charge is 0.220 e. The van der Waals surface area contributed by atoms with Crippen molar-refractivity contribution in [2.75, 3.05) is 26.2 Å². The van der Waals surface area contributed by atoms with Crippen molar-refractivity contribution in [2.24, 2.45) is 5.73 Å². The monoisotopic (exact) mass is 380 g/mol. The molecule has 0 amide bonds. The molecule has 1 aliphatic heterocycles. The summed E-state index contributed by atoms with van der Waals surface area (Å²) in [5, 5.41) is 0. The van der Waals surface area contributed by atoms with Gasteiger partial charge in [0.15, 0.2) is 6.23 Å². The van der Waals surface area contributed by atoms with E-state index in [9.17, 15) is 4.79 Å². The Bertz CT molecular complexity index is 1030. The van der Waals surface area contributed by atoms with Crippen LogP contribution >= 0.6 is 0 Å². The second-order valence-electron chi connectivity index (χ2n) is 6.26. The standard InChI is InChI=1S/C20H20N4O4/c1-26-12-8-11(9-13(10-12)27-2)24-18(21)16(17(25)20(24)28-3)19-22-14-6-4-5-7-15(14)23-19/h4-10,20H,21H2,1-3H3,(H,22,23). The van der Waals surface area contributed by atoms with Crippen LogP contribution in [0.25, 0.3) is 16.6 Å². The molecular weight excluding hydrogens is 360 g/mol. The van der Waals surface area contributed by atoms with Crippen LogP contribution < -0.4 is 20.1 Å². The van der Waals surface area contributed by atoms with Gasteiger partial charge in [-0.2, -0.15) is 0 Å². The minimum absolute atomic E-state index is 0.242. The number of benzene rings is 2. The molecule has 8 heteroatoms. The van der Waals surface area contributed by atoms with Gasteiger partial charge in [-0.3, -0.25) is 9.69 Å². The zero-order valence-corrected chi connectivity index (χ0v) is 15.7. The van der Waals surface area contributed by atoms with E-state index in [-0.39, 0.29) is 17.2 Å². The summed E-state index contributed by atoms with van der Waals surface area (Å²) in [5.74, 6) is 1.51. The second-order valence-corrected chi connectivity index (χ2v) is 6.26. The molecule has 0 saturated carbocycles. The molecule has 3 N–H and O–H groups in total. The molecule has 2 aromatic carbocycles. The third-order valence-electron chi connectivity index (χ3n) is 4.68. The van der Waals surface area contributed by atoms with Gasteiger partial charge in [-0.15, -0.1) is 0 Å². The van der Waals surface area contributed by atoms with Gasteiger partial charge in [0.25, 0.3) is 0 Å². The van der Waals surface area contributed by atoms with Crippen molar-refractivity contribution in [1.82, 2.24) is 9.97 Å². The normalized spacial score (nSPS) is 16.9. The van der Waals surface area contributed by atoms with E-state index in [0.29, 0.717) is 23.0 Å². The van der Waals surface area contributed by atoms with Crippen molar-refractivity contribution in [3.63, 3.8) is 0 Å². The van der Waals surface area contributed by atoms with Crippen molar-refractivity contribution in [3.8, 4) is 11.5 Å². The van der Waals surface area contributed by atoms with Gasteiger partial charge >= 0.3 is 0 Å². The number of nitrogens with one attached hydrogen (secondary N) is 1. The van der Waals surface area contributed by atoms with E-state index < -0.39 is 6.23 Å². The number of anilines is 1. The first-order chi connectivity index (χ1) is 13.6. The largest absolute Gasteiger partial charge is 0.497 e. The van der Waals surface area contributed by atoms with E-state index in [0.717, 1.165) is 11.0 Å². The highest BCUT2D eigenvalue weighted by Crippen LogP contribution is 2.37. The van der Waals surface area contributed by atoms with Gasteiger partial charge in [0, 0.05) is 25.3 Å². The molecule has 0 saturated heterocycles. The highest BCUT2D eigenvalue weighted by molar-refractivity contribution is 6.27. The molecule has 1 aromatic heterocycles. The van der Waals surface area contributed by atoms with Crippen molar-refractivity contribution in [3.05, 3.63) is 54.1 Å². The molecule has 0 bridgehead atoms. The molecule has 8 nitrogen and oxygen atoms in total. The molecule has 3 aromatic rings. The number of fused-ring (bicyclic) bond motifs is 1. The summed E-state index contributed by atoms with van der Waals surface area (Å²) in [6.07, 6.45) is -0.917. The number of hydrogen-bond acceptors (Lipinski definition) is 7. The van der Waals surface area contributed by atoms with Crippen LogP contribution in [0.15, 0.2) is 48.3 Å². The number of Topliss-reactive ketones (excluding diaryl/α,β-unsaturated/α-hetero) is 1. The summed E-state index contributed by atoms with van der Waals surface area (Å²) in [7, 11) is 4.57. The Morgan fingerprint density at radius 2 is 1.75 bits per heavy atom. The highest BCUT2D eigenvalue weighted by atomic mass is 16.5. The van der Waals surface area contributed by atoms with E-state index in [4.69, 9.17) is 19.9 Å². The van der Waals surface area contributed by atoms with Gasteiger partial charge in [0.2, 0.25) is 5.78 Å². The first kappa shape index (κ1) is 17.9. The average molecular weight is 380 g/mol. The fraction of sp³-hybridized carbons (Fsp3) is 0.200. The Kier molecular flexibility index (Phi) is 4.40. The zero-order valence-electron chi connectivity index (χ0n) is 15.7. The molecule has 2 heterocycles. The number of rotatable bonds is 5. The van der Waals surface area contributed by atoms with Gasteiger partial charge in [0.1, 0.15) is 28.7 Å². The molecule has 28 heavy (non-hydrogen) atoms. The number of nitrogens with two attached hydrogens (primary N) is 1. The number of ether oxygens (including phenoxy) is 3. The molecule has 0 fully saturated rings. The van der Waals surface area contributed by atoms with Gasteiger partial charge in [-0.25, -0.2) is 4.98 Å². The number of imidazole rings is 1. The quantitative estimate of drug-likeness (QED) is 0.700. The number of aromatic amines is 1. The summed E-state index contributed by atoms with van der Waals surface area (Å²) in [4.78, 5) is 22.4. The van der Waals surface area contributed by atoms with Crippen LogP contribution in [0.4, 0.5) is 5.69 Å². The fourth-order valence-corrected chi connectivity index (χ4v) is 3.34. The number of aromatic nitrogens is 2. The van der Waals surface area contributed by atoms with E-state index in [1.807, 2.05) is 24.3 Å². The van der Waals surface area contributed by atoms with Crippen LogP contribution in [0, 0.1) is 0 Å². The van der Waals surface area contributed by atoms with Gasteiger partial charge in [0.05, 0.1) is 30.9 Å². The van der Waals surface area contributed by atoms with Crippen molar-refractivity contribution >= 4 is 28.1 Å². The lowest BCUT2D eigenvalue weighted by Crippen LogP contribution is -2.37. The molecular formula is C20H20N4O4. The third-order valence-corrected chi connectivity index (χ3v) is 4.68. The first-order valence-corrected chi connectivity index (χ1v) is 8.61. The molecule has 1 unspecified atom stereocenters. The Hall–Kier alpha value is -3.52. The maximum absolute atomic E-state index is 13.1. The fourth-order valence-electron chi connectivity index (χ4n) is 3.34. The number of carbonyl (C=O) groups excluding carboxylic acids is 1. The minimum atomic E-state index is -0.917. The summed E-state index contributed by atoms with van der Waals surface area (Å²) in [6.45, 7) is 0. The zero-order chi connectivity index (χ0) is 19.8. The molecule has 1 atom stereocenters. The lowest BCUT2D eigenvalue weighted by atomic mass is 10.2. The van der Waals surface area contributed by atoms with E-state index in [1.54, 1.807) is 37.3 Å². The summed E-state index contributed by atoms with van der Waals surface area (Å²) in [6, 6.07) is 12.8. The van der Waals surface area contributed by atoms with Crippen LogP contribution in [0.2, 0.25) is 0 Å². The van der Waals surface area contributed by atoms with Crippen LogP contribution in [-0.2, 0) is 9.53 Å². The Balaban J connectivity index is 1.86. The predicted octanol–water partition coefficient (Wildman–Crippen LogP) is 2.27. The van der Waals surface area contributed by atoms with Crippen LogP contribution in [0.5, 0.6) is 11.5 Å². The lowest BCUT2D eigenvalue weighted by molar-refractivity contribution is -0.121. The lowest BCUT2D eigenvalue weighted by Gasteiger charge is -2.26. The number of ketones is 1. The summed E-state index contributed by atoms with van der Waals surface area (Å²) < 4.78 is 16.1. The van der Waals surface area contributed by atoms with Crippen molar-refractivity contribution in [1.29, 1.82) is 0 Å². The van der Waals surface area contributed by atoms with Crippen molar-refractivity contribution < 1.29 is 19.0 Å². The van der Waals surface area contributed by atoms with Crippen LogP contribution in [0.1, 0.15) is 5.82 Å². The molecule has 4 rings (SSSR count). The average Bonchev–Trinajstić information content (AvgIpc) is 3.24. The molecule has 0 radical (unpaired) electrons. The molecule has 0 aliphatic carbocycles. The Labute approximate surface area is 161 Å². The summed E-state index contributed by atoms with van der Waals surface area (Å²) >= 11 is 0. The number of carbonyl (C=O) groups is 1. The van der Waals surface area contributed by atoms with Crippen LogP contribution in [-0.4, -0.2) is 43.3 Å². The molecule has 0 spiro atoms. The number of nitrogens with zero attached hydrogens (tertiary/aromatic N) is 2. The summed E-state index contributed by atoms with van der Waals surface area (Å²) in [5.41, 5.74) is 8.88. The molecule has 144 valence electrons. The Morgan fingerprint density at radius 3 is 2.36 bits per heavy atom. The van der Waals surface area contributed by atoms with Crippen molar-refractivity contribution in [2.45, 2.75) is 6.23 Å². The first-order valence-electron chi connectivity index (χ1n) is 8.61. The topological polar surface area (TPSA) is 103 Å². The maximum Gasteiger partial charge on any atom is 0.220 e. The van der Waals surface area contributed by atoms with Gasteiger partial charge in [-0.1, -0.05) is 12.1 Å². The Morgan fingerprint density at radius 1 is 1.07 bits per heavy atom. The third kappa shape index (κ3) is 2.74. The number of H-pyrrole nitrogens is 1. The maximum atomic E-state index is 13.1. The van der Waals surface area contributed by atoms with Crippen LogP contribution in [0.3, 0.4) is 0 Å². The highest BCUT2D eigenvalue weighted by Gasteiger charge is 2.42. The predicted molar refractivity (Wildman–Crippen MR) is 105 cm³/mol. The molecule has 1 aliphatic rings. The number of methoxy groups -OCH3 is 3. The van der Waals surface area contributed by atoms with Gasteiger partial charge in [-0.05, 0) is 12.1 Å². The minimum Gasteiger partial charge on any atom is -0.497 e. The number of hydrogen-bond donors (Lipinski definition) is 2. The van der Waals surface area contributed by atoms with E-state index >= 15 is 0 Å². The second kappa shape index (κ2) is 6.90.